The maximum Gasteiger partial charge on any atom is 0.252 e. The Labute approximate surface area is 188 Å². The quantitative estimate of drug-likeness (QED) is 0.444. The normalized spacial score (nSPS) is 15.5. The zero-order valence-corrected chi connectivity index (χ0v) is 18.7. The number of halogens is 1. The van der Waals surface area contributed by atoms with Crippen molar-refractivity contribution in [3.8, 4) is 17.2 Å². The van der Waals surface area contributed by atoms with E-state index in [1.54, 1.807) is 4.68 Å². The monoisotopic (exact) mass is 473 g/mol. The summed E-state index contributed by atoms with van der Waals surface area (Å²) in [5.41, 5.74) is 5.55. The Balaban J connectivity index is 1.78. The van der Waals surface area contributed by atoms with Crippen LogP contribution in [0.4, 0.5) is 5.82 Å². The number of fused-ring (bicyclic) bond motifs is 1. The number of aromatic nitrogens is 4. The van der Waals surface area contributed by atoms with E-state index >= 15 is 0 Å². The topological polar surface area (TPSA) is 72.7 Å². The smallest absolute Gasteiger partial charge is 0.252 e. The van der Waals surface area contributed by atoms with Gasteiger partial charge in [-0.3, -0.25) is 4.79 Å². The summed E-state index contributed by atoms with van der Waals surface area (Å²) in [6.07, 6.45) is 0.355. The third kappa shape index (κ3) is 3.65. The third-order valence-corrected chi connectivity index (χ3v) is 5.93. The number of carbonyl (C=O) groups excluding carboxylic acids is 1. The van der Waals surface area contributed by atoms with Gasteiger partial charge in [0.2, 0.25) is 5.91 Å². The third-order valence-electron chi connectivity index (χ3n) is 5.40. The van der Waals surface area contributed by atoms with E-state index in [9.17, 15) is 4.79 Å². The first-order valence-electron chi connectivity index (χ1n) is 10.1. The second-order valence-electron chi connectivity index (χ2n) is 7.70. The molecule has 7 heteroatoms. The Morgan fingerprint density at radius 1 is 1.00 bits per heavy atom. The van der Waals surface area contributed by atoms with Crippen molar-refractivity contribution in [2.24, 2.45) is 0 Å². The Kier molecular flexibility index (Phi) is 4.90. The van der Waals surface area contributed by atoms with Gasteiger partial charge in [0.15, 0.2) is 0 Å². The van der Waals surface area contributed by atoms with E-state index in [1.807, 2.05) is 62.4 Å². The molecular formula is C24H20BrN5O. The lowest BCUT2D eigenvalue weighted by Gasteiger charge is -2.24. The lowest BCUT2D eigenvalue weighted by atomic mass is 9.84. The summed E-state index contributed by atoms with van der Waals surface area (Å²) in [6.45, 7) is 3.85. The maximum absolute atomic E-state index is 12.7. The Morgan fingerprint density at radius 3 is 2.35 bits per heavy atom. The molecule has 1 aliphatic heterocycles. The van der Waals surface area contributed by atoms with Crippen LogP contribution in [0, 0.1) is 13.8 Å². The van der Waals surface area contributed by atoms with Crippen molar-refractivity contribution >= 4 is 27.7 Å². The van der Waals surface area contributed by atoms with Crippen molar-refractivity contribution in [1.82, 2.24) is 19.7 Å². The lowest BCUT2D eigenvalue weighted by molar-refractivity contribution is -0.116. The van der Waals surface area contributed by atoms with E-state index in [2.05, 4.69) is 43.3 Å². The Morgan fingerprint density at radius 2 is 1.68 bits per heavy atom. The van der Waals surface area contributed by atoms with Crippen molar-refractivity contribution in [2.45, 2.75) is 26.2 Å². The number of rotatable bonds is 3. The molecule has 4 aromatic rings. The molecule has 1 amide bonds. The standard InChI is InChI=1S/C24H20BrN5O/c1-14-12-15(2)27-24(26-14)30-23-21(22(29-30)17-6-4-3-5-7-17)19(13-20(31)28-23)16-8-10-18(25)11-9-16/h3-12,19H,13H2,1-2H3,(H,28,31). The Bertz CT molecular complexity index is 1260. The van der Waals surface area contributed by atoms with Crippen LogP contribution in [0.1, 0.15) is 34.9 Å². The number of hydrogen-bond donors (Lipinski definition) is 1. The van der Waals surface area contributed by atoms with E-state index in [0.717, 1.165) is 38.2 Å². The molecule has 2 aromatic heterocycles. The molecule has 0 bridgehead atoms. The minimum atomic E-state index is -0.119. The number of nitrogens with one attached hydrogen (secondary N) is 1. The predicted molar refractivity (Wildman–Crippen MR) is 123 cm³/mol. The lowest BCUT2D eigenvalue weighted by Crippen LogP contribution is -2.25. The minimum Gasteiger partial charge on any atom is -0.310 e. The van der Waals surface area contributed by atoms with Gasteiger partial charge in [0.05, 0.1) is 5.69 Å². The van der Waals surface area contributed by atoms with Gasteiger partial charge in [-0.15, -0.1) is 0 Å². The number of anilines is 1. The van der Waals surface area contributed by atoms with Crippen LogP contribution in [0.25, 0.3) is 17.2 Å². The highest BCUT2D eigenvalue weighted by Gasteiger charge is 2.34. The van der Waals surface area contributed by atoms with Crippen molar-refractivity contribution < 1.29 is 4.79 Å². The molecule has 1 atom stereocenters. The average Bonchev–Trinajstić information content (AvgIpc) is 3.13. The first-order valence-corrected chi connectivity index (χ1v) is 10.8. The van der Waals surface area contributed by atoms with Crippen molar-refractivity contribution in [2.75, 3.05) is 5.32 Å². The molecule has 2 aromatic carbocycles. The van der Waals surface area contributed by atoms with Gasteiger partial charge in [0.1, 0.15) is 5.82 Å². The Hall–Kier alpha value is -3.32. The molecule has 1 N–H and O–H groups in total. The molecule has 154 valence electrons. The van der Waals surface area contributed by atoms with Gasteiger partial charge in [0, 0.05) is 39.3 Å². The molecule has 0 aliphatic carbocycles. The van der Waals surface area contributed by atoms with E-state index < -0.39 is 0 Å². The average molecular weight is 474 g/mol. The van der Waals surface area contributed by atoms with Crippen LogP contribution in [0.3, 0.4) is 0 Å². The molecule has 0 fully saturated rings. The van der Waals surface area contributed by atoms with E-state index in [0.29, 0.717) is 18.2 Å². The molecule has 31 heavy (non-hydrogen) atoms. The summed E-state index contributed by atoms with van der Waals surface area (Å²) >= 11 is 3.50. The number of hydrogen-bond acceptors (Lipinski definition) is 4. The molecule has 1 unspecified atom stereocenters. The highest BCUT2D eigenvalue weighted by atomic mass is 79.9. The van der Waals surface area contributed by atoms with Crippen LogP contribution in [0.15, 0.2) is 65.1 Å². The number of benzene rings is 2. The number of aryl methyl sites for hydroxylation is 2. The fourth-order valence-corrected chi connectivity index (χ4v) is 4.35. The van der Waals surface area contributed by atoms with Crippen LogP contribution in [0.2, 0.25) is 0 Å². The zero-order chi connectivity index (χ0) is 21.5. The highest BCUT2D eigenvalue weighted by molar-refractivity contribution is 9.10. The molecule has 0 radical (unpaired) electrons. The van der Waals surface area contributed by atoms with Crippen molar-refractivity contribution in [3.05, 3.63) is 87.7 Å². The number of nitrogens with zero attached hydrogens (tertiary/aromatic N) is 4. The molecule has 0 saturated heterocycles. The van der Waals surface area contributed by atoms with Crippen molar-refractivity contribution in [3.63, 3.8) is 0 Å². The van der Waals surface area contributed by atoms with E-state index in [4.69, 9.17) is 5.10 Å². The molecule has 0 saturated carbocycles. The highest BCUT2D eigenvalue weighted by Crippen LogP contribution is 2.43. The van der Waals surface area contributed by atoms with Crippen LogP contribution >= 0.6 is 15.9 Å². The first kappa shape index (κ1) is 19.6. The molecular weight excluding hydrogens is 454 g/mol. The van der Waals surface area contributed by atoms with Crippen LogP contribution < -0.4 is 5.32 Å². The van der Waals surface area contributed by atoms with Crippen molar-refractivity contribution in [1.29, 1.82) is 0 Å². The predicted octanol–water partition coefficient (Wildman–Crippen LogP) is 5.18. The molecule has 6 nitrogen and oxygen atoms in total. The summed E-state index contributed by atoms with van der Waals surface area (Å²) in [7, 11) is 0. The maximum atomic E-state index is 12.7. The van der Waals surface area contributed by atoms with Gasteiger partial charge in [-0.1, -0.05) is 58.4 Å². The number of carbonyl (C=O) groups is 1. The molecule has 1 aliphatic rings. The van der Waals surface area contributed by atoms with Gasteiger partial charge < -0.3 is 5.32 Å². The fourth-order valence-electron chi connectivity index (χ4n) is 4.09. The zero-order valence-electron chi connectivity index (χ0n) is 17.1. The summed E-state index contributed by atoms with van der Waals surface area (Å²) in [5, 5.41) is 7.95. The minimum absolute atomic E-state index is 0.0504. The van der Waals surface area contributed by atoms with E-state index in [-0.39, 0.29) is 11.8 Å². The number of amides is 1. The second-order valence-corrected chi connectivity index (χ2v) is 8.61. The molecule has 5 rings (SSSR count). The van der Waals surface area contributed by atoms with Gasteiger partial charge >= 0.3 is 0 Å². The van der Waals surface area contributed by atoms with E-state index in [1.165, 1.54) is 0 Å². The van der Waals surface area contributed by atoms with Crippen LogP contribution in [0.5, 0.6) is 0 Å². The summed E-state index contributed by atoms with van der Waals surface area (Å²) in [4.78, 5) is 21.9. The fraction of sp³-hybridized carbons (Fsp3) is 0.167. The van der Waals surface area contributed by atoms with Crippen LogP contribution in [-0.2, 0) is 4.79 Å². The summed E-state index contributed by atoms with van der Waals surface area (Å²) < 4.78 is 2.67. The molecule has 3 heterocycles. The summed E-state index contributed by atoms with van der Waals surface area (Å²) in [5.74, 6) is 0.915. The molecule has 0 spiro atoms. The second kappa shape index (κ2) is 7.74. The van der Waals surface area contributed by atoms with Gasteiger partial charge in [-0.25, -0.2) is 9.97 Å². The van der Waals surface area contributed by atoms with Gasteiger partial charge in [0.25, 0.3) is 5.95 Å². The summed E-state index contributed by atoms with van der Waals surface area (Å²) in [6, 6.07) is 20.0. The van der Waals surface area contributed by atoms with Gasteiger partial charge in [-0.05, 0) is 37.6 Å². The first-order chi connectivity index (χ1) is 15.0. The van der Waals surface area contributed by atoms with Crippen LogP contribution in [-0.4, -0.2) is 25.7 Å². The largest absolute Gasteiger partial charge is 0.310 e. The SMILES string of the molecule is Cc1cc(C)nc(-n2nc(-c3ccccc3)c3c2NC(=O)CC3c2ccc(Br)cc2)n1. The van der Waals surface area contributed by atoms with Gasteiger partial charge in [-0.2, -0.15) is 9.78 Å².